The maximum Gasteiger partial charge on any atom is 0.246 e. The van der Waals surface area contributed by atoms with E-state index in [-0.39, 0.29) is 22.7 Å². The van der Waals surface area contributed by atoms with Gasteiger partial charge in [0.05, 0.1) is 16.4 Å². The minimum Gasteiger partial charge on any atom is -0.368 e. The largest absolute Gasteiger partial charge is 0.368 e. The normalized spacial score (nSPS) is 31.2. The number of hydrogen-bond acceptors (Lipinski definition) is 5. The molecule has 4 N–H and O–H groups in total. The molecule has 0 bridgehead atoms. The minimum atomic E-state index is -0.565. The highest BCUT2D eigenvalue weighted by molar-refractivity contribution is 7.99. The van der Waals surface area contributed by atoms with Gasteiger partial charge >= 0.3 is 0 Å². The number of nitrogens with two attached hydrogens (primary N) is 1. The maximum atomic E-state index is 13.0. The lowest BCUT2D eigenvalue weighted by molar-refractivity contribution is -0.141. The molecule has 2 amide bonds. The summed E-state index contributed by atoms with van der Waals surface area (Å²) in [6.45, 7) is 5.95. The first-order valence-electron chi connectivity index (χ1n) is 7.89. The smallest absolute Gasteiger partial charge is 0.246 e. The topological polar surface area (TPSA) is 87.5 Å². The van der Waals surface area contributed by atoms with E-state index < -0.39 is 18.0 Å². The molecule has 2 saturated heterocycles. The van der Waals surface area contributed by atoms with E-state index in [1.54, 1.807) is 16.7 Å². The molecule has 2 aliphatic rings. The second-order valence-corrected chi connectivity index (χ2v) is 8.65. The average Bonchev–Trinajstić information content (AvgIpc) is 2.66. The Morgan fingerprint density at radius 1 is 1.52 bits per heavy atom. The van der Waals surface area contributed by atoms with Gasteiger partial charge in [-0.25, -0.2) is 0 Å². The van der Waals surface area contributed by atoms with Crippen molar-refractivity contribution in [2.75, 3.05) is 12.8 Å². The van der Waals surface area contributed by atoms with Gasteiger partial charge in [0, 0.05) is 0 Å². The molecule has 0 unspecified atom stereocenters. The van der Waals surface area contributed by atoms with Crippen LogP contribution in [0.15, 0.2) is 0 Å². The van der Waals surface area contributed by atoms with Gasteiger partial charge in [0.2, 0.25) is 11.8 Å². The average molecular weight is 359 g/mol. The van der Waals surface area contributed by atoms with Crippen molar-refractivity contribution in [1.29, 1.82) is 0 Å². The SMILES string of the molecule is CN[C@@H](C)C(=S)N[C@H]1CCS[C@H]2CC(C)(C)[C@@H](C(N)=O)N2C1=O. The summed E-state index contributed by atoms with van der Waals surface area (Å²) in [5, 5.41) is 6.25. The summed E-state index contributed by atoms with van der Waals surface area (Å²) in [4.78, 5) is 27.3. The molecule has 0 saturated carbocycles. The van der Waals surface area contributed by atoms with Gasteiger partial charge in [-0.15, -0.1) is 11.8 Å². The third-order valence-corrected chi connectivity index (χ3v) is 6.43. The van der Waals surface area contributed by atoms with Crippen molar-refractivity contribution in [3.8, 4) is 0 Å². The summed E-state index contributed by atoms with van der Waals surface area (Å²) in [6.07, 6.45) is 1.47. The van der Waals surface area contributed by atoms with Crippen LogP contribution in [0.4, 0.5) is 0 Å². The predicted octanol–water partition coefficient (Wildman–Crippen LogP) is 0.455. The molecule has 0 radical (unpaired) electrons. The third kappa shape index (κ3) is 3.64. The standard InChI is InChI=1S/C15H26N4O2S2/c1-8(17-4)13(22)18-9-5-6-23-10-7-15(2,3)11(12(16)20)19(10)14(9)21/h8-11,17H,5-7H2,1-4H3,(H2,16,20)(H,18,22)/t8-,9-,10-,11+/m0/s1. The molecule has 2 aliphatic heterocycles. The lowest BCUT2D eigenvalue weighted by Gasteiger charge is -2.33. The van der Waals surface area contributed by atoms with Crippen LogP contribution in [-0.4, -0.2) is 58.0 Å². The van der Waals surface area contributed by atoms with Crippen LogP contribution in [0.1, 0.15) is 33.6 Å². The van der Waals surface area contributed by atoms with Gasteiger partial charge in [-0.3, -0.25) is 9.59 Å². The predicted molar refractivity (Wildman–Crippen MR) is 97.1 cm³/mol. The van der Waals surface area contributed by atoms with E-state index in [0.29, 0.717) is 11.4 Å². The van der Waals surface area contributed by atoms with E-state index >= 15 is 0 Å². The monoisotopic (exact) mass is 358 g/mol. The highest BCUT2D eigenvalue weighted by atomic mass is 32.2. The van der Waals surface area contributed by atoms with Crippen molar-refractivity contribution in [2.45, 2.75) is 57.1 Å². The van der Waals surface area contributed by atoms with Gasteiger partial charge in [-0.2, -0.15) is 0 Å². The second-order valence-electron chi connectivity index (χ2n) is 6.93. The minimum absolute atomic E-state index is 0.00791. The van der Waals surface area contributed by atoms with Gasteiger partial charge < -0.3 is 21.3 Å². The Labute approximate surface area is 147 Å². The Morgan fingerprint density at radius 3 is 2.74 bits per heavy atom. The second kappa shape index (κ2) is 6.94. The van der Waals surface area contributed by atoms with Gasteiger partial charge in [0.1, 0.15) is 12.1 Å². The van der Waals surface area contributed by atoms with Crippen molar-refractivity contribution >= 4 is 40.8 Å². The first-order valence-corrected chi connectivity index (χ1v) is 9.35. The molecule has 0 aromatic rings. The zero-order valence-electron chi connectivity index (χ0n) is 14.1. The molecular formula is C15H26N4O2S2. The number of primary amides is 1. The molecule has 130 valence electrons. The Kier molecular flexibility index (Phi) is 5.58. The highest BCUT2D eigenvalue weighted by Gasteiger charge is 2.53. The summed E-state index contributed by atoms with van der Waals surface area (Å²) in [7, 11) is 1.82. The zero-order chi connectivity index (χ0) is 17.4. The fourth-order valence-electron chi connectivity index (χ4n) is 3.32. The fraction of sp³-hybridized carbons (Fsp3) is 0.800. The van der Waals surface area contributed by atoms with Crippen LogP contribution in [0.5, 0.6) is 0 Å². The Balaban J connectivity index is 2.23. The Hall–Kier alpha value is -0.860. The number of likely N-dealkylation sites (N-methyl/N-ethyl adjacent to an activating group) is 1. The van der Waals surface area contributed by atoms with E-state index in [4.69, 9.17) is 18.0 Å². The molecule has 6 nitrogen and oxygen atoms in total. The van der Waals surface area contributed by atoms with Gasteiger partial charge in [-0.1, -0.05) is 26.1 Å². The number of carbonyl (C=O) groups is 2. The number of fused-ring (bicyclic) bond motifs is 1. The first kappa shape index (κ1) is 18.5. The molecule has 0 spiro atoms. The van der Waals surface area contributed by atoms with Crippen LogP contribution in [0.2, 0.25) is 0 Å². The molecule has 2 fully saturated rings. The maximum absolute atomic E-state index is 13.0. The molecule has 23 heavy (non-hydrogen) atoms. The molecule has 8 heteroatoms. The number of nitrogens with one attached hydrogen (secondary N) is 2. The summed E-state index contributed by atoms with van der Waals surface area (Å²) in [6, 6.07) is -0.969. The Bertz CT molecular complexity index is 512. The van der Waals surface area contributed by atoms with Gasteiger partial charge in [0.15, 0.2) is 0 Å². The number of amides is 2. The van der Waals surface area contributed by atoms with E-state index in [1.165, 1.54) is 0 Å². The third-order valence-electron chi connectivity index (χ3n) is 4.71. The van der Waals surface area contributed by atoms with Crippen LogP contribution < -0.4 is 16.4 Å². The molecule has 0 aromatic heterocycles. The van der Waals surface area contributed by atoms with Gasteiger partial charge in [-0.05, 0) is 38.0 Å². The molecule has 4 atom stereocenters. The van der Waals surface area contributed by atoms with Crippen LogP contribution in [0, 0.1) is 5.41 Å². The first-order chi connectivity index (χ1) is 10.7. The molecule has 0 aromatic carbocycles. The van der Waals surface area contributed by atoms with E-state index in [9.17, 15) is 9.59 Å². The van der Waals surface area contributed by atoms with Crippen LogP contribution in [0.25, 0.3) is 0 Å². The summed E-state index contributed by atoms with van der Waals surface area (Å²) in [5.74, 6) is 0.348. The quantitative estimate of drug-likeness (QED) is 0.633. The van der Waals surface area contributed by atoms with E-state index in [2.05, 4.69) is 10.6 Å². The highest BCUT2D eigenvalue weighted by Crippen LogP contribution is 2.45. The van der Waals surface area contributed by atoms with Crippen molar-refractivity contribution in [2.24, 2.45) is 11.1 Å². The molecular weight excluding hydrogens is 332 g/mol. The number of nitrogens with zero attached hydrogens (tertiary/aromatic N) is 1. The van der Waals surface area contributed by atoms with Crippen LogP contribution >= 0.6 is 24.0 Å². The van der Waals surface area contributed by atoms with Crippen molar-refractivity contribution in [3.63, 3.8) is 0 Å². The fourth-order valence-corrected chi connectivity index (χ4v) is 5.16. The zero-order valence-corrected chi connectivity index (χ0v) is 15.7. The lowest BCUT2D eigenvalue weighted by atomic mass is 9.84. The van der Waals surface area contributed by atoms with E-state index in [1.807, 2.05) is 27.8 Å². The number of rotatable bonds is 4. The summed E-state index contributed by atoms with van der Waals surface area (Å²) < 4.78 is 0. The van der Waals surface area contributed by atoms with E-state index in [0.717, 1.165) is 12.2 Å². The van der Waals surface area contributed by atoms with Gasteiger partial charge in [0.25, 0.3) is 0 Å². The molecule has 0 aliphatic carbocycles. The summed E-state index contributed by atoms with van der Waals surface area (Å²) in [5.41, 5.74) is 5.31. The van der Waals surface area contributed by atoms with Crippen molar-refractivity contribution in [1.82, 2.24) is 15.5 Å². The number of thioether (sulfide) groups is 1. The van der Waals surface area contributed by atoms with Crippen LogP contribution in [-0.2, 0) is 9.59 Å². The van der Waals surface area contributed by atoms with Crippen molar-refractivity contribution < 1.29 is 9.59 Å². The number of thiocarbonyl (C=S) groups is 1. The van der Waals surface area contributed by atoms with Crippen LogP contribution in [0.3, 0.4) is 0 Å². The lowest BCUT2D eigenvalue weighted by Crippen LogP contribution is -2.57. The molecule has 2 heterocycles. The number of hydrogen-bond donors (Lipinski definition) is 3. The molecule has 2 rings (SSSR count). The summed E-state index contributed by atoms with van der Waals surface area (Å²) >= 11 is 7.08. The van der Waals surface area contributed by atoms with Crippen molar-refractivity contribution in [3.05, 3.63) is 0 Å². The number of carbonyl (C=O) groups excluding carboxylic acids is 2. The Morgan fingerprint density at radius 2 is 2.17 bits per heavy atom.